The molecule has 1 aliphatic heterocycles. The van der Waals surface area contributed by atoms with Gasteiger partial charge in [0.1, 0.15) is 5.75 Å². The monoisotopic (exact) mass is 429 g/mol. The first-order valence-electron chi connectivity index (χ1n) is 10.8. The van der Waals surface area contributed by atoms with E-state index >= 15 is 0 Å². The fourth-order valence-corrected chi connectivity index (χ4v) is 3.93. The summed E-state index contributed by atoms with van der Waals surface area (Å²) >= 11 is 0. The number of carbonyl (C=O) groups excluding carboxylic acids is 2. The Labute approximate surface area is 188 Å². The minimum absolute atomic E-state index is 0.00243. The van der Waals surface area contributed by atoms with Crippen LogP contribution in [0.15, 0.2) is 78.9 Å². The Hall–Kier alpha value is -3.80. The molecule has 0 aromatic heterocycles. The number of nitrogens with one attached hydrogen (secondary N) is 1. The molecule has 0 bridgehead atoms. The zero-order valence-electron chi connectivity index (χ0n) is 18.3. The van der Waals surface area contributed by atoms with Crippen LogP contribution < -0.4 is 15.0 Å². The molecule has 6 heteroatoms. The smallest absolute Gasteiger partial charge is 0.324 e. The molecule has 3 aromatic rings. The Kier molecular flexibility index (Phi) is 6.40. The van der Waals surface area contributed by atoms with Gasteiger partial charge in [-0.2, -0.15) is 0 Å². The van der Waals surface area contributed by atoms with Crippen molar-refractivity contribution in [2.45, 2.75) is 19.4 Å². The first-order valence-corrected chi connectivity index (χ1v) is 10.8. The highest BCUT2D eigenvalue weighted by Gasteiger charge is 2.30. The summed E-state index contributed by atoms with van der Waals surface area (Å²) in [6.07, 6.45) is 0.902. The fourth-order valence-electron chi connectivity index (χ4n) is 3.93. The average Bonchev–Trinajstić information content (AvgIpc) is 2.85. The van der Waals surface area contributed by atoms with Crippen LogP contribution in [-0.2, 0) is 0 Å². The molecule has 1 unspecified atom stereocenters. The van der Waals surface area contributed by atoms with Gasteiger partial charge in [0.25, 0.3) is 5.91 Å². The Balaban J connectivity index is 1.43. The Bertz CT molecular complexity index is 1070. The minimum atomic E-state index is -0.197. The molecule has 0 radical (unpaired) electrons. The highest BCUT2D eigenvalue weighted by Crippen LogP contribution is 2.28. The van der Waals surface area contributed by atoms with E-state index in [1.54, 1.807) is 36.3 Å². The molecule has 3 amide bonds. The predicted octanol–water partition coefficient (Wildman–Crippen LogP) is 5.34. The molecular weight excluding hydrogens is 402 g/mol. The zero-order valence-corrected chi connectivity index (χ0v) is 18.3. The number of urea groups is 1. The van der Waals surface area contributed by atoms with Crippen molar-refractivity contribution in [3.05, 3.63) is 90.0 Å². The van der Waals surface area contributed by atoms with Crippen LogP contribution in [0.5, 0.6) is 5.75 Å². The molecule has 1 heterocycles. The summed E-state index contributed by atoms with van der Waals surface area (Å²) in [6.45, 7) is 3.48. The standard InChI is InChI=1S/C26H27N3O3/c1-19(20-7-4-3-5-8-20)28-17-6-18-29(26(28)31)23-13-11-22(12-14-23)27-25(30)21-9-15-24(32-2)16-10-21/h3-5,7-16,19H,6,17-18H2,1-2H3,(H,27,30). The van der Waals surface area contributed by atoms with Crippen molar-refractivity contribution in [1.29, 1.82) is 0 Å². The van der Waals surface area contributed by atoms with Crippen LogP contribution in [0.25, 0.3) is 0 Å². The third-order valence-electron chi connectivity index (χ3n) is 5.80. The number of hydrogen-bond acceptors (Lipinski definition) is 3. The molecule has 0 aliphatic carbocycles. The fraction of sp³-hybridized carbons (Fsp3) is 0.231. The normalized spacial score (nSPS) is 14.8. The van der Waals surface area contributed by atoms with Crippen LogP contribution in [0.3, 0.4) is 0 Å². The number of hydrogen-bond donors (Lipinski definition) is 1. The van der Waals surface area contributed by atoms with Crippen LogP contribution >= 0.6 is 0 Å². The molecule has 1 saturated heterocycles. The SMILES string of the molecule is COc1ccc(C(=O)Nc2ccc(N3CCCN(C(C)c4ccccc4)C3=O)cc2)cc1. The van der Waals surface area contributed by atoms with Gasteiger partial charge in [-0.3, -0.25) is 9.69 Å². The molecule has 1 aliphatic rings. The third-order valence-corrected chi connectivity index (χ3v) is 5.80. The van der Waals surface area contributed by atoms with Gasteiger partial charge in [-0.1, -0.05) is 30.3 Å². The van der Waals surface area contributed by atoms with Gasteiger partial charge < -0.3 is 15.0 Å². The van der Waals surface area contributed by atoms with Gasteiger partial charge in [0, 0.05) is 30.0 Å². The van der Waals surface area contributed by atoms with E-state index in [2.05, 4.69) is 24.4 Å². The van der Waals surface area contributed by atoms with Crippen molar-refractivity contribution in [2.24, 2.45) is 0 Å². The van der Waals surface area contributed by atoms with E-state index in [1.807, 2.05) is 47.4 Å². The van der Waals surface area contributed by atoms with Gasteiger partial charge in [-0.05, 0) is 67.4 Å². The van der Waals surface area contributed by atoms with Gasteiger partial charge in [0.2, 0.25) is 0 Å². The second-order valence-corrected chi connectivity index (χ2v) is 7.80. The molecule has 1 fully saturated rings. The van der Waals surface area contributed by atoms with Crippen molar-refractivity contribution < 1.29 is 14.3 Å². The van der Waals surface area contributed by atoms with Crippen LogP contribution in [0.2, 0.25) is 0 Å². The van der Waals surface area contributed by atoms with Gasteiger partial charge in [0.05, 0.1) is 13.2 Å². The number of ether oxygens (including phenoxy) is 1. The first kappa shape index (κ1) is 21.4. The molecule has 0 saturated carbocycles. The highest BCUT2D eigenvalue weighted by molar-refractivity contribution is 6.04. The van der Waals surface area contributed by atoms with Gasteiger partial charge in [-0.15, -0.1) is 0 Å². The van der Waals surface area contributed by atoms with Crippen molar-refractivity contribution >= 4 is 23.3 Å². The number of rotatable bonds is 6. The number of carbonyl (C=O) groups is 2. The maximum absolute atomic E-state index is 13.2. The predicted molar refractivity (Wildman–Crippen MR) is 126 cm³/mol. The van der Waals surface area contributed by atoms with Crippen LogP contribution in [0.4, 0.5) is 16.2 Å². The van der Waals surface area contributed by atoms with E-state index in [4.69, 9.17) is 4.74 Å². The maximum Gasteiger partial charge on any atom is 0.324 e. The molecule has 164 valence electrons. The summed E-state index contributed by atoms with van der Waals surface area (Å²) in [4.78, 5) is 29.4. The van der Waals surface area contributed by atoms with Gasteiger partial charge in [-0.25, -0.2) is 4.79 Å². The highest BCUT2D eigenvalue weighted by atomic mass is 16.5. The molecule has 0 spiro atoms. The number of nitrogens with zero attached hydrogens (tertiary/aromatic N) is 2. The minimum Gasteiger partial charge on any atom is -0.497 e. The molecule has 32 heavy (non-hydrogen) atoms. The van der Waals surface area contributed by atoms with E-state index in [9.17, 15) is 9.59 Å². The lowest BCUT2D eigenvalue weighted by atomic mass is 10.1. The van der Waals surface area contributed by atoms with Crippen LogP contribution in [0, 0.1) is 0 Å². The van der Waals surface area contributed by atoms with E-state index in [-0.39, 0.29) is 18.0 Å². The molecule has 4 rings (SSSR count). The van der Waals surface area contributed by atoms with Crippen molar-refractivity contribution in [3.63, 3.8) is 0 Å². The van der Waals surface area contributed by atoms with E-state index in [0.29, 0.717) is 23.5 Å². The Morgan fingerprint density at radius 1 is 0.938 bits per heavy atom. The van der Waals surface area contributed by atoms with E-state index < -0.39 is 0 Å². The summed E-state index contributed by atoms with van der Waals surface area (Å²) in [5.74, 6) is 0.505. The summed E-state index contributed by atoms with van der Waals surface area (Å²) in [6, 6.07) is 24.4. The summed E-state index contributed by atoms with van der Waals surface area (Å²) < 4.78 is 5.13. The quantitative estimate of drug-likeness (QED) is 0.575. The van der Waals surface area contributed by atoms with Crippen molar-refractivity contribution in [2.75, 3.05) is 30.4 Å². The maximum atomic E-state index is 13.2. The van der Waals surface area contributed by atoms with Gasteiger partial charge >= 0.3 is 6.03 Å². The lowest BCUT2D eigenvalue weighted by Crippen LogP contribution is -2.50. The number of amides is 3. The average molecular weight is 430 g/mol. The number of benzene rings is 3. The molecule has 1 N–H and O–H groups in total. The Morgan fingerprint density at radius 2 is 1.62 bits per heavy atom. The van der Waals surface area contributed by atoms with E-state index in [1.165, 1.54) is 0 Å². The summed E-state index contributed by atoms with van der Waals surface area (Å²) in [5.41, 5.74) is 3.17. The molecule has 6 nitrogen and oxygen atoms in total. The topological polar surface area (TPSA) is 61.9 Å². The second kappa shape index (κ2) is 9.56. The van der Waals surface area contributed by atoms with Crippen LogP contribution in [-0.4, -0.2) is 37.0 Å². The Morgan fingerprint density at radius 3 is 2.28 bits per heavy atom. The lowest BCUT2D eigenvalue weighted by Gasteiger charge is -2.39. The second-order valence-electron chi connectivity index (χ2n) is 7.80. The summed E-state index contributed by atoms with van der Waals surface area (Å²) in [5, 5.41) is 2.89. The molecule has 3 aromatic carbocycles. The molecular formula is C26H27N3O3. The largest absolute Gasteiger partial charge is 0.497 e. The van der Waals surface area contributed by atoms with E-state index in [0.717, 1.165) is 24.2 Å². The zero-order chi connectivity index (χ0) is 22.5. The van der Waals surface area contributed by atoms with Crippen molar-refractivity contribution in [3.8, 4) is 5.75 Å². The van der Waals surface area contributed by atoms with Gasteiger partial charge in [0.15, 0.2) is 0 Å². The lowest BCUT2D eigenvalue weighted by molar-refractivity contribution is 0.102. The number of methoxy groups -OCH3 is 1. The van der Waals surface area contributed by atoms with Crippen LogP contribution in [0.1, 0.15) is 35.3 Å². The number of anilines is 2. The first-order chi connectivity index (χ1) is 15.6. The molecule has 1 atom stereocenters. The third kappa shape index (κ3) is 4.59. The summed E-state index contributed by atoms with van der Waals surface area (Å²) in [7, 11) is 1.59. The van der Waals surface area contributed by atoms with Crippen molar-refractivity contribution in [1.82, 2.24) is 4.90 Å².